The van der Waals surface area contributed by atoms with Crippen molar-refractivity contribution in [1.82, 2.24) is 10.2 Å². The molecule has 1 aliphatic rings. The van der Waals surface area contributed by atoms with Gasteiger partial charge in [0.1, 0.15) is 0 Å². The molecule has 162 valence electrons. The molecule has 0 radical (unpaired) electrons. The molecule has 4 rings (SSSR count). The van der Waals surface area contributed by atoms with Crippen molar-refractivity contribution in [2.75, 3.05) is 24.4 Å². The molecule has 2 aromatic carbocycles. The van der Waals surface area contributed by atoms with Crippen LogP contribution in [0.25, 0.3) is 0 Å². The van der Waals surface area contributed by atoms with Crippen LogP contribution in [0.3, 0.4) is 0 Å². The Morgan fingerprint density at radius 1 is 1.13 bits per heavy atom. The lowest BCUT2D eigenvalue weighted by Crippen LogP contribution is -2.37. The zero-order valence-electron chi connectivity index (χ0n) is 17.3. The zero-order chi connectivity index (χ0) is 21.8. The van der Waals surface area contributed by atoms with Gasteiger partial charge in [-0.15, -0.1) is 11.3 Å². The van der Waals surface area contributed by atoms with Crippen molar-refractivity contribution in [3.63, 3.8) is 0 Å². The Hall–Kier alpha value is -2.68. The van der Waals surface area contributed by atoms with E-state index in [4.69, 9.17) is 0 Å². The smallest absolute Gasteiger partial charge is 0.261 e. The standard InChI is InChI=1S/C23H25N3O3S2/c1-17-4-2-6-20(14-17)25-31(28,29)21-7-3-5-18(15-21)23(27)24-10-12-26-11-8-22-19(16-26)9-13-30-22/h2-7,9,13-15,25H,8,10-12,16H2,1H3,(H,24,27). The van der Waals surface area contributed by atoms with Gasteiger partial charge in [-0.3, -0.25) is 14.4 Å². The number of fused-ring (bicyclic) bond motifs is 1. The van der Waals surface area contributed by atoms with Gasteiger partial charge >= 0.3 is 0 Å². The molecule has 1 aliphatic heterocycles. The first kappa shape index (κ1) is 21.5. The van der Waals surface area contributed by atoms with Crippen molar-refractivity contribution >= 4 is 33.0 Å². The second-order valence-corrected chi connectivity index (χ2v) is 10.3. The Bertz CT molecular complexity index is 1190. The number of thiophene rings is 1. The topological polar surface area (TPSA) is 78.5 Å². The van der Waals surface area contributed by atoms with Crippen LogP contribution in [0.15, 0.2) is 64.9 Å². The molecule has 2 heterocycles. The summed E-state index contributed by atoms with van der Waals surface area (Å²) in [6, 6.07) is 15.4. The normalized spacial score (nSPS) is 14.1. The second-order valence-electron chi connectivity index (χ2n) is 7.65. The number of anilines is 1. The number of nitrogens with one attached hydrogen (secondary N) is 2. The first-order chi connectivity index (χ1) is 14.9. The summed E-state index contributed by atoms with van der Waals surface area (Å²) in [4.78, 5) is 16.4. The van der Waals surface area contributed by atoms with E-state index in [2.05, 4.69) is 26.4 Å². The molecule has 6 nitrogen and oxygen atoms in total. The number of hydrogen-bond acceptors (Lipinski definition) is 5. The number of benzene rings is 2. The lowest BCUT2D eigenvalue weighted by atomic mass is 10.1. The van der Waals surface area contributed by atoms with E-state index in [0.717, 1.165) is 31.6 Å². The van der Waals surface area contributed by atoms with Gasteiger partial charge in [0.15, 0.2) is 0 Å². The number of carbonyl (C=O) groups is 1. The van der Waals surface area contributed by atoms with Crippen LogP contribution in [0.4, 0.5) is 5.69 Å². The Kier molecular flexibility index (Phi) is 6.41. The predicted molar refractivity (Wildman–Crippen MR) is 124 cm³/mol. The minimum atomic E-state index is -3.78. The minimum Gasteiger partial charge on any atom is -0.351 e. The van der Waals surface area contributed by atoms with Crippen LogP contribution in [-0.4, -0.2) is 38.9 Å². The number of nitrogens with zero attached hydrogens (tertiary/aromatic N) is 1. The Morgan fingerprint density at radius 3 is 2.81 bits per heavy atom. The van der Waals surface area contributed by atoms with Crippen molar-refractivity contribution in [1.29, 1.82) is 0 Å². The number of amides is 1. The average Bonchev–Trinajstić information content (AvgIpc) is 3.21. The molecule has 2 N–H and O–H groups in total. The molecule has 3 aromatic rings. The van der Waals surface area contributed by atoms with E-state index >= 15 is 0 Å². The van der Waals surface area contributed by atoms with Crippen LogP contribution in [0.2, 0.25) is 0 Å². The van der Waals surface area contributed by atoms with Crippen molar-refractivity contribution < 1.29 is 13.2 Å². The highest BCUT2D eigenvalue weighted by Gasteiger charge is 2.18. The molecule has 0 fully saturated rings. The fourth-order valence-corrected chi connectivity index (χ4v) is 5.64. The van der Waals surface area contributed by atoms with Gasteiger partial charge < -0.3 is 5.32 Å². The van der Waals surface area contributed by atoms with Crippen molar-refractivity contribution in [2.24, 2.45) is 0 Å². The summed E-state index contributed by atoms with van der Waals surface area (Å²) in [5.74, 6) is -0.277. The first-order valence-electron chi connectivity index (χ1n) is 10.2. The van der Waals surface area contributed by atoms with Gasteiger partial charge in [-0.1, -0.05) is 18.2 Å². The molecule has 1 aromatic heterocycles. The first-order valence-corrected chi connectivity index (χ1v) is 12.5. The molecule has 0 unspecified atom stereocenters. The number of carbonyl (C=O) groups excluding carboxylic acids is 1. The SMILES string of the molecule is Cc1cccc(NS(=O)(=O)c2cccc(C(=O)NCCN3CCc4sccc4C3)c2)c1. The van der Waals surface area contributed by atoms with Crippen molar-refractivity contribution in [3.05, 3.63) is 81.5 Å². The summed E-state index contributed by atoms with van der Waals surface area (Å²) in [6.45, 7) is 5.06. The van der Waals surface area contributed by atoms with Crippen molar-refractivity contribution in [2.45, 2.75) is 24.8 Å². The summed E-state index contributed by atoms with van der Waals surface area (Å²) in [5.41, 5.74) is 3.15. The van der Waals surface area contributed by atoms with E-state index in [1.807, 2.05) is 24.3 Å². The zero-order valence-corrected chi connectivity index (χ0v) is 18.9. The average molecular weight is 456 g/mol. The summed E-state index contributed by atoms with van der Waals surface area (Å²) in [5, 5.41) is 5.04. The fourth-order valence-electron chi connectivity index (χ4n) is 3.65. The lowest BCUT2D eigenvalue weighted by molar-refractivity contribution is 0.0947. The largest absolute Gasteiger partial charge is 0.351 e. The van der Waals surface area contributed by atoms with Gasteiger partial charge in [0.2, 0.25) is 0 Å². The third-order valence-electron chi connectivity index (χ3n) is 5.28. The molecule has 8 heteroatoms. The lowest BCUT2D eigenvalue weighted by Gasteiger charge is -2.26. The van der Waals surface area contributed by atoms with Gasteiger partial charge in [-0.25, -0.2) is 8.42 Å². The summed E-state index contributed by atoms with van der Waals surface area (Å²) in [6.07, 6.45) is 1.05. The van der Waals surface area contributed by atoms with Crippen molar-refractivity contribution in [3.8, 4) is 0 Å². The fraction of sp³-hybridized carbons (Fsp3) is 0.261. The summed E-state index contributed by atoms with van der Waals surface area (Å²) < 4.78 is 28.0. The number of sulfonamides is 1. The van der Waals surface area contributed by atoms with E-state index in [0.29, 0.717) is 17.8 Å². The van der Waals surface area contributed by atoms with Gasteiger partial charge in [-0.2, -0.15) is 0 Å². The van der Waals surface area contributed by atoms with E-state index in [9.17, 15) is 13.2 Å². The third-order valence-corrected chi connectivity index (χ3v) is 7.68. The van der Waals surface area contributed by atoms with Crippen LogP contribution in [-0.2, 0) is 23.0 Å². The Balaban J connectivity index is 1.35. The van der Waals surface area contributed by atoms with Crippen LogP contribution in [0.5, 0.6) is 0 Å². The van der Waals surface area contributed by atoms with Crippen LogP contribution in [0, 0.1) is 6.92 Å². The van der Waals surface area contributed by atoms with E-state index in [-0.39, 0.29) is 10.8 Å². The maximum atomic E-state index is 12.7. The highest BCUT2D eigenvalue weighted by Crippen LogP contribution is 2.23. The van der Waals surface area contributed by atoms with Gasteiger partial charge in [0.25, 0.3) is 15.9 Å². The summed E-state index contributed by atoms with van der Waals surface area (Å²) >= 11 is 1.81. The second kappa shape index (κ2) is 9.21. The highest BCUT2D eigenvalue weighted by atomic mass is 32.2. The monoisotopic (exact) mass is 455 g/mol. The molecule has 0 spiro atoms. The predicted octanol–water partition coefficient (Wildman–Crippen LogP) is 3.65. The van der Waals surface area contributed by atoms with E-state index < -0.39 is 10.0 Å². The maximum Gasteiger partial charge on any atom is 0.261 e. The van der Waals surface area contributed by atoms with Crippen LogP contribution in [0.1, 0.15) is 26.4 Å². The number of hydrogen-bond donors (Lipinski definition) is 2. The molecule has 0 saturated heterocycles. The molecule has 0 atom stereocenters. The third kappa shape index (κ3) is 5.33. The number of rotatable bonds is 7. The molecule has 0 bridgehead atoms. The van der Waals surface area contributed by atoms with Gasteiger partial charge in [-0.05, 0) is 66.2 Å². The maximum absolute atomic E-state index is 12.7. The van der Waals surface area contributed by atoms with E-state index in [1.165, 1.54) is 22.6 Å². The van der Waals surface area contributed by atoms with Crippen LogP contribution < -0.4 is 10.0 Å². The molecule has 0 saturated carbocycles. The minimum absolute atomic E-state index is 0.0580. The van der Waals surface area contributed by atoms with Crippen LogP contribution >= 0.6 is 11.3 Å². The molecule has 31 heavy (non-hydrogen) atoms. The van der Waals surface area contributed by atoms with E-state index in [1.54, 1.807) is 30.3 Å². The Labute approximate surface area is 187 Å². The molecule has 1 amide bonds. The molecular weight excluding hydrogens is 430 g/mol. The van der Waals surface area contributed by atoms with Gasteiger partial charge in [0, 0.05) is 42.3 Å². The summed E-state index contributed by atoms with van der Waals surface area (Å²) in [7, 11) is -3.78. The quantitative estimate of drug-likeness (QED) is 0.570. The highest BCUT2D eigenvalue weighted by molar-refractivity contribution is 7.92. The Morgan fingerprint density at radius 2 is 1.97 bits per heavy atom. The molecular formula is C23H25N3O3S2. The number of aryl methyl sites for hydroxylation is 1. The van der Waals surface area contributed by atoms with Gasteiger partial charge in [0.05, 0.1) is 4.90 Å². The molecule has 0 aliphatic carbocycles.